The van der Waals surface area contributed by atoms with Gasteiger partial charge in [-0.05, 0) is 43.5 Å². The molecule has 130 valence electrons. The number of rotatable bonds is 5. The Morgan fingerprint density at radius 3 is 2.12 bits per heavy atom. The van der Waals surface area contributed by atoms with E-state index >= 15 is 0 Å². The first-order valence-electron chi connectivity index (χ1n) is 7.46. The molecule has 0 amide bonds. The minimum absolute atomic E-state index is 0.128. The van der Waals surface area contributed by atoms with Gasteiger partial charge in [-0.3, -0.25) is 0 Å². The molecule has 0 aliphatic carbocycles. The molecule has 0 bridgehead atoms. The Bertz CT molecular complexity index is 761. The third kappa shape index (κ3) is 2.89. The maximum absolute atomic E-state index is 14.3. The summed E-state index contributed by atoms with van der Waals surface area (Å²) in [5.41, 5.74) is 2.68. The number of aryl methyl sites for hydroxylation is 2. The Kier molecular flexibility index (Phi) is 5.29. The van der Waals surface area contributed by atoms with Crippen LogP contribution < -0.4 is 14.2 Å². The number of halogens is 1. The number of benzene rings is 1. The van der Waals surface area contributed by atoms with Crippen LogP contribution in [0.15, 0.2) is 12.3 Å². The normalized spacial score (nSPS) is 12.0. The molecule has 0 saturated heterocycles. The molecule has 1 heterocycles. The van der Waals surface area contributed by atoms with Gasteiger partial charge in [0.1, 0.15) is 6.10 Å². The van der Waals surface area contributed by atoms with Crippen molar-refractivity contribution in [2.45, 2.75) is 26.9 Å². The van der Waals surface area contributed by atoms with Gasteiger partial charge in [0.05, 0.1) is 21.3 Å². The summed E-state index contributed by atoms with van der Waals surface area (Å²) in [5, 5.41) is 10.9. The Hall–Kier alpha value is -2.34. The topological polar surface area (TPSA) is 60.8 Å². The standard InChI is InChI=1S/C18H22FNO4/c1-9-7-12(22-4)16(23-5)17(24-6)13(9)15(21)14-11(3)10(2)8-20-18(14)19/h7-8,15,21H,1-6H3. The van der Waals surface area contributed by atoms with E-state index in [0.717, 1.165) is 5.56 Å². The van der Waals surface area contributed by atoms with E-state index in [9.17, 15) is 9.50 Å². The van der Waals surface area contributed by atoms with Crippen molar-refractivity contribution >= 4 is 0 Å². The zero-order valence-corrected chi connectivity index (χ0v) is 14.7. The van der Waals surface area contributed by atoms with E-state index in [1.165, 1.54) is 27.5 Å². The van der Waals surface area contributed by atoms with Crippen LogP contribution in [0, 0.1) is 26.7 Å². The van der Waals surface area contributed by atoms with Crippen molar-refractivity contribution in [1.82, 2.24) is 4.98 Å². The first-order chi connectivity index (χ1) is 11.4. The van der Waals surface area contributed by atoms with Gasteiger partial charge in [-0.2, -0.15) is 4.39 Å². The van der Waals surface area contributed by atoms with Crippen LogP contribution >= 0.6 is 0 Å². The molecule has 0 spiro atoms. The predicted molar refractivity (Wildman–Crippen MR) is 88.6 cm³/mol. The first kappa shape index (κ1) is 18.0. The number of aromatic nitrogens is 1. The average Bonchev–Trinajstić information content (AvgIpc) is 2.56. The van der Waals surface area contributed by atoms with E-state index < -0.39 is 12.1 Å². The van der Waals surface area contributed by atoms with Gasteiger partial charge in [0.15, 0.2) is 11.5 Å². The van der Waals surface area contributed by atoms with Gasteiger partial charge in [-0.25, -0.2) is 4.98 Å². The molecule has 6 heteroatoms. The summed E-state index contributed by atoms with van der Waals surface area (Å²) in [6.07, 6.45) is 0.201. The summed E-state index contributed by atoms with van der Waals surface area (Å²) in [5.74, 6) is 0.421. The lowest BCUT2D eigenvalue weighted by atomic mass is 9.92. The number of pyridine rings is 1. The van der Waals surface area contributed by atoms with Crippen LogP contribution in [0.4, 0.5) is 4.39 Å². The summed E-state index contributed by atoms with van der Waals surface area (Å²) >= 11 is 0. The fourth-order valence-corrected chi connectivity index (χ4v) is 2.79. The van der Waals surface area contributed by atoms with Gasteiger partial charge in [-0.15, -0.1) is 0 Å². The second-order valence-electron chi connectivity index (χ2n) is 5.55. The molecule has 0 aliphatic rings. The van der Waals surface area contributed by atoms with Crippen LogP contribution in [0.1, 0.15) is 33.9 Å². The lowest BCUT2D eigenvalue weighted by Crippen LogP contribution is -2.12. The van der Waals surface area contributed by atoms with E-state index in [4.69, 9.17) is 14.2 Å². The lowest BCUT2D eigenvalue weighted by molar-refractivity contribution is 0.204. The minimum atomic E-state index is -1.24. The molecule has 0 radical (unpaired) electrons. The molecule has 1 atom stereocenters. The lowest BCUT2D eigenvalue weighted by Gasteiger charge is -2.23. The predicted octanol–water partition coefficient (Wildman–Crippen LogP) is 3.25. The number of methoxy groups -OCH3 is 3. The van der Waals surface area contributed by atoms with Crippen molar-refractivity contribution in [2.75, 3.05) is 21.3 Å². The second kappa shape index (κ2) is 7.05. The van der Waals surface area contributed by atoms with E-state index in [1.807, 2.05) is 6.92 Å². The third-order valence-electron chi connectivity index (χ3n) is 4.21. The van der Waals surface area contributed by atoms with Gasteiger partial charge >= 0.3 is 0 Å². The Balaban J connectivity index is 2.75. The van der Waals surface area contributed by atoms with Crippen LogP contribution in [-0.2, 0) is 0 Å². The highest BCUT2D eigenvalue weighted by Crippen LogP contribution is 2.46. The summed E-state index contributed by atoms with van der Waals surface area (Å²) in [6, 6.07) is 1.72. The van der Waals surface area contributed by atoms with Crippen molar-refractivity contribution in [3.8, 4) is 17.2 Å². The highest BCUT2D eigenvalue weighted by atomic mass is 19.1. The van der Waals surface area contributed by atoms with Crippen molar-refractivity contribution < 1.29 is 23.7 Å². The molecule has 0 saturated carbocycles. The summed E-state index contributed by atoms with van der Waals surface area (Å²) < 4.78 is 30.4. The zero-order valence-electron chi connectivity index (χ0n) is 14.7. The number of hydrogen-bond donors (Lipinski definition) is 1. The SMILES string of the molecule is COc1cc(C)c(C(O)c2c(F)ncc(C)c2C)c(OC)c1OC. The largest absolute Gasteiger partial charge is 0.493 e. The van der Waals surface area contributed by atoms with E-state index in [0.29, 0.717) is 33.9 Å². The van der Waals surface area contributed by atoms with Crippen molar-refractivity contribution in [2.24, 2.45) is 0 Å². The highest BCUT2D eigenvalue weighted by molar-refractivity contribution is 5.61. The van der Waals surface area contributed by atoms with Gasteiger partial charge in [0.25, 0.3) is 0 Å². The first-order valence-corrected chi connectivity index (χ1v) is 7.46. The number of ether oxygens (including phenoxy) is 3. The number of hydrogen-bond acceptors (Lipinski definition) is 5. The van der Waals surface area contributed by atoms with Gasteiger partial charge in [0, 0.05) is 17.3 Å². The molecular weight excluding hydrogens is 313 g/mol. The zero-order chi connectivity index (χ0) is 18.0. The number of nitrogens with zero attached hydrogens (tertiary/aromatic N) is 1. The smallest absolute Gasteiger partial charge is 0.219 e. The Morgan fingerprint density at radius 1 is 0.958 bits per heavy atom. The molecule has 2 rings (SSSR count). The molecule has 1 N–H and O–H groups in total. The maximum atomic E-state index is 14.3. The van der Waals surface area contributed by atoms with Gasteiger partial charge in [0.2, 0.25) is 11.7 Å². The highest BCUT2D eigenvalue weighted by Gasteiger charge is 2.28. The summed E-state index contributed by atoms with van der Waals surface area (Å²) in [6.45, 7) is 5.36. The molecule has 1 aromatic carbocycles. The van der Waals surface area contributed by atoms with Crippen molar-refractivity contribution in [3.05, 3.63) is 46.0 Å². The Morgan fingerprint density at radius 2 is 1.58 bits per heavy atom. The van der Waals surface area contributed by atoms with Crippen LogP contribution in [0.3, 0.4) is 0 Å². The van der Waals surface area contributed by atoms with Crippen molar-refractivity contribution in [3.63, 3.8) is 0 Å². The van der Waals surface area contributed by atoms with Gasteiger partial charge in [-0.1, -0.05) is 0 Å². The second-order valence-corrected chi connectivity index (χ2v) is 5.55. The molecule has 24 heavy (non-hydrogen) atoms. The molecule has 2 aromatic rings. The molecule has 1 unspecified atom stereocenters. The minimum Gasteiger partial charge on any atom is -0.493 e. The van der Waals surface area contributed by atoms with E-state index in [1.54, 1.807) is 19.9 Å². The monoisotopic (exact) mass is 335 g/mol. The molecule has 1 aromatic heterocycles. The fourth-order valence-electron chi connectivity index (χ4n) is 2.79. The number of aliphatic hydroxyl groups excluding tert-OH is 1. The van der Waals surface area contributed by atoms with Crippen LogP contribution in [0.5, 0.6) is 17.2 Å². The van der Waals surface area contributed by atoms with Crippen LogP contribution in [0.2, 0.25) is 0 Å². The Labute approximate surface area is 141 Å². The maximum Gasteiger partial charge on any atom is 0.219 e. The molecule has 5 nitrogen and oxygen atoms in total. The quantitative estimate of drug-likeness (QED) is 0.850. The molecular formula is C18H22FNO4. The van der Waals surface area contributed by atoms with Crippen LogP contribution in [0.25, 0.3) is 0 Å². The van der Waals surface area contributed by atoms with Gasteiger partial charge < -0.3 is 19.3 Å². The summed E-state index contributed by atoms with van der Waals surface area (Å²) in [7, 11) is 4.46. The van der Waals surface area contributed by atoms with E-state index in [2.05, 4.69) is 4.98 Å². The fraction of sp³-hybridized carbons (Fsp3) is 0.389. The van der Waals surface area contributed by atoms with Crippen molar-refractivity contribution in [1.29, 1.82) is 0 Å². The summed E-state index contributed by atoms with van der Waals surface area (Å²) in [4.78, 5) is 3.72. The molecule has 0 fully saturated rings. The van der Waals surface area contributed by atoms with E-state index in [-0.39, 0.29) is 5.56 Å². The van der Waals surface area contributed by atoms with Crippen LogP contribution in [-0.4, -0.2) is 31.4 Å². The number of aliphatic hydroxyl groups is 1. The average molecular weight is 335 g/mol. The third-order valence-corrected chi connectivity index (χ3v) is 4.21. The molecule has 0 aliphatic heterocycles.